The molecule has 1 aliphatic heterocycles. The number of nitrogens with one attached hydrogen (secondary N) is 1. The van der Waals surface area contributed by atoms with Crippen LogP contribution in [0.2, 0.25) is 0 Å². The third-order valence-electron chi connectivity index (χ3n) is 6.41. The number of H-pyrrole nitrogens is 1. The monoisotopic (exact) mass is 391 g/mol. The van der Waals surface area contributed by atoms with E-state index in [2.05, 4.69) is 4.98 Å². The number of rotatable bonds is 2. The lowest BCUT2D eigenvalue weighted by atomic mass is 9.80. The maximum atomic E-state index is 14.7. The summed E-state index contributed by atoms with van der Waals surface area (Å²) in [5.74, 6) is -0.345. The molecule has 1 spiro atoms. The van der Waals surface area contributed by atoms with Crippen molar-refractivity contribution in [3.63, 3.8) is 0 Å². The summed E-state index contributed by atoms with van der Waals surface area (Å²) in [5, 5.41) is 0. The number of benzene rings is 2. The molecule has 3 aromatic rings. The van der Waals surface area contributed by atoms with Crippen LogP contribution in [0.15, 0.2) is 53.5 Å². The van der Waals surface area contributed by atoms with Crippen LogP contribution >= 0.6 is 0 Å². The minimum absolute atomic E-state index is 0.134. The molecule has 0 atom stereocenters. The summed E-state index contributed by atoms with van der Waals surface area (Å²) in [6.07, 6.45) is 5.61. The number of halogens is 1. The topological polar surface area (TPSA) is 58.1 Å². The van der Waals surface area contributed by atoms with E-state index in [0.29, 0.717) is 29.0 Å². The van der Waals surface area contributed by atoms with Crippen LogP contribution in [-0.2, 0) is 5.41 Å². The van der Waals surface area contributed by atoms with Gasteiger partial charge in [-0.1, -0.05) is 18.9 Å². The van der Waals surface area contributed by atoms with E-state index in [-0.39, 0.29) is 22.8 Å². The molecule has 2 heterocycles. The highest BCUT2D eigenvalue weighted by Gasteiger charge is 2.48. The van der Waals surface area contributed by atoms with Gasteiger partial charge in [0.05, 0.1) is 11.4 Å². The van der Waals surface area contributed by atoms with E-state index in [0.717, 1.165) is 31.4 Å². The maximum absolute atomic E-state index is 14.7. The third kappa shape index (κ3) is 2.66. The summed E-state index contributed by atoms with van der Waals surface area (Å²) in [5.41, 5.74) is 2.95. The van der Waals surface area contributed by atoms with Crippen molar-refractivity contribution < 1.29 is 9.18 Å². The molecule has 1 aromatic heterocycles. The molecule has 1 amide bonds. The highest BCUT2D eigenvalue weighted by Crippen LogP contribution is 2.51. The molecule has 148 valence electrons. The lowest BCUT2D eigenvalue weighted by Gasteiger charge is -2.25. The Kier molecular flexibility index (Phi) is 3.98. The van der Waals surface area contributed by atoms with Gasteiger partial charge >= 0.3 is 5.69 Å². The first-order chi connectivity index (χ1) is 14.0. The van der Waals surface area contributed by atoms with Crippen LogP contribution in [-0.4, -0.2) is 22.0 Å². The lowest BCUT2D eigenvalue weighted by Crippen LogP contribution is -2.35. The number of fused-ring (bicyclic) bond motifs is 2. The van der Waals surface area contributed by atoms with Crippen LogP contribution in [0.3, 0.4) is 0 Å². The molecule has 0 unspecified atom stereocenters. The zero-order valence-electron chi connectivity index (χ0n) is 16.2. The zero-order chi connectivity index (χ0) is 20.2. The Morgan fingerprint density at radius 1 is 1.10 bits per heavy atom. The van der Waals surface area contributed by atoms with Crippen molar-refractivity contribution in [3.8, 4) is 5.69 Å². The molecule has 2 aliphatic rings. The molecule has 0 saturated heterocycles. The average molecular weight is 391 g/mol. The van der Waals surface area contributed by atoms with E-state index < -0.39 is 0 Å². The summed E-state index contributed by atoms with van der Waals surface area (Å²) in [6.45, 7) is 2.37. The lowest BCUT2D eigenvalue weighted by molar-refractivity contribution is 0.0985. The first-order valence-electron chi connectivity index (χ1n) is 9.98. The highest BCUT2D eigenvalue weighted by atomic mass is 19.1. The molecule has 5 rings (SSSR count). The molecule has 0 bridgehead atoms. The van der Waals surface area contributed by atoms with Gasteiger partial charge in [0.25, 0.3) is 5.91 Å². The van der Waals surface area contributed by atoms with Gasteiger partial charge in [0.1, 0.15) is 5.82 Å². The zero-order valence-corrected chi connectivity index (χ0v) is 16.2. The molecule has 0 radical (unpaired) electrons. The second kappa shape index (κ2) is 6.44. The Bertz CT molecular complexity index is 1150. The molecule has 2 aromatic carbocycles. The number of aryl methyl sites for hydroxylation is 1. The third-order valence-corrected chi connectivity index (χ3v) is 6.41. The number of aromatic amines is 1. The van der Waals surface area contributed by atoms with Gasteiger partial charge in [0.15, 0.2) is 0 Å². The number of hydrogen-bond acceptors (Lipinski definition) is 2. The predicted octanol–water partition coefficient (Wildman–Crippen LogP) is 4.09. The minimum atomic E-state index is -0.258. The summed E-state index contributed by atoms with van der Waals surface area (Å²) < 4.78 is 16.3. The first-order valence-corrected chi connectivity index (χ1v) is 9.98. The SMILES string of the molecule is Cc1c[nH]c(=O)n1-c1ccc(C(=O)N2CC3(CCCC3)c3c(F)cccc32)cc1. The Morgan fingerprint density at radius 3 is 2.48 bits per heavy atom. The summed E-state index contributed by atoms with van der Waals surface area (Å²) in [4.78, 5) is 29.7. The number of anilines is 1. The molecule has 5 nitrogen and oxygen atoms in total. The molecular formula is C23H22FN3O2. The molecular weight excluding hydrogens is 369 g/mol. The minimum Gasteiger partial charge on any atom is -0.312 e. The van der Waals surface area contributed by atoms with Crippen LogP contribution in [0.1, 0.15) is 47.3 Å². The fraction of sp³-hybridized carbons (Fsp3) is 0.304. The van der Waals surface area contributed by atoms with Crippen LogP contribution in [0.25, 0.3) is 5.69 Å². The smallest absolute Gasteiger partial charge is 0.312 e. The van der Waals surface area contributed by atoms with Crippen LogP contribution in [0.4, 0.5) is 10.1 Å². The van der Waals surface area contributed by atoms with E-state index >= 15 is 0 Å². The van der Waals surface area contributed by atoms with Crippen molar-refractivity contribution in [2.45, 2.75) is 38.0 Å². The van der Waals surface area contributed by atoms with Crippen molar-refractivity contribution in [1.29, 1.82) is 0 Å². The Balaban J connectivity index is 1.50. The van der Waals surface area contributed by atoms with Crippen LogP contribution < -0.4 is 10.6 Å². The fourth-order valence-electron chi connectivity index (χ4n) is 5.06. The van der Waals surface area contributed by atoms with Gasteiger partial charge < -0.3 is 9.88 Å². The summed E-state index contributed by atoms with van der Waals surface area (Å²) in [6, 6.07) is 12.0. The van der Waals surface area contributed by atoms with Crippen molar-refractivity contribution in [1.82, 2.24) is 9.55 Å². The van der Waals surface area contributed by atoms with Crippen LogP contribution in [0.5, 0.6) is 0 Å². The van der Waals surface area contributed by atoms with Crippen molar-refractivity contribution in [3.05, 3.63) is 81.8 Å². The van der Waals surface area contributed by atoms with E-state index in [4.69, 9.17) is 0 Å². The molecule has 1 aliphatic carbocycles. The Hall–Kier alpha value is -3.15. The second-order valence-electron chi connectivity index (χ2n) is 8.13. The van der Waals surface area contributed by atoms with E-state index in [1.807, 2.05) is 13.0 Å². The fourth-order valence-corrected chi connectivity index (χ4v) is 5.06. The van der Waals surface area contributed by atoms with Crippen molar-refractivity contribution in [2.24, 2.45) is 0 Å². The van der Waals surface area contributed by atoms with Gasteiger partial charge in [0, 0.05) is 35.0 Å². The number of nitrogens with zero attached hydrogens (tertiary/aromatic N) is 2. The largest absolute Gasteiger partial charge is 0.330 e. The van der Waals surface area contributed by atoms with E-state index in [1.54, 1.807) is 46.0 Å². The van der Waals surface area contributed by atoms with Gasteiger partial charge in [-0.25, -0.2) is 9.18 Å². The van der Waals surface area contributed by atoms with E-state index in [1.165, 1.54) is 6.07 Å². The molecule has 1 fully saturated rings. The number of carbonyl (C=O) groups is 1. The van der Waals surface area contributed by atoms with E-state index in [9.17, 15) is 14.0 Å². The number of carbonyl (C=O) groups excluding carboxylic acids is 1. The Morgan fingerprint density at radius 2 is 1.83 bits per heavy atom. The molecule has 29 heavy (non-hydrogen) atoms. The normalized spacial score (nSPS) is 17.1. The van der Waals surface area contributed by atoms with Gasteiger partial charge in [-0.15, -0.1) is 0 Å². The second-order valence-corrected chi connectivity index (χ2v) is 8.13. The van der Waals surface area contributed by atoms with Gasteiger partial charge in [-0.2, -0.15) is 0 Å². The molecule has 1 N–H and O–H groups in total. The van der Waals surface area contributed by atoms with Crippen molar-refractivity contribution in [2.75, 3.05) is 11.4 Å². The number of imidazole rings is 1. The van der Waals surface area contributed by atoms with Gasteiger partial charge in [-0.3, -0.25) is 9.36 Å². The summed E-state index contributed by atoms with van der Waals surface area (Å²) in [7, 11) is 0. The van der Waals surface area contributed by atoms with Crippen molar-refractivity contribution >= 4 is 11.6 Å². The average Bonchev–Trinajstić information content (AvgIpc) is 3.41. The predicted molar refractivity (Wildman–Crippen MR) is 109 cm³/mol. The quantitative estimate of drug-likeness (QED) is 0.715. The number of aromatic nitrogens is 2. The summed E-state index contributed by atoms with van der Waals surface area (Å²) >= 11 is 0. The van der Waals surface area contributed by atoms with Gasteiger partial charge in [-0.05, 0) is 56.2 Å². The number of hydrogen-bond donors (Lipinski definition) is 1. The molecule has 6 heteroatoms. The standard InChI is InChI=1S/C23H22FN3O2/c1-15-13-25-22(29)27(15)17-9-7-16(8-10-17)21(28)26-14-23(11-2-3-12-23)20-18(24)5-4-6-19(20)26/h4-10,13H,2-3,11-12,14H2,1H3,(H,25,29). The molecule has 1 saturated carbocycles. The maximum Gasteiger partial charge on any atom is 0.330 e. The first kappa shape index (κ1) is 17.9. The number of amides is 1. The Labute approximate surface area is 167 Å². The highest BCUT2D eigenvalue weighted by molar-refractivity contribution is 6.07. The van der Waals surface area contributed by atoms with Gasteiger partial charge in [0.2, 0.25) is 0 Å². The van der Waals surface area contributed by atoms with Crippen LogP contribution in [0, 0.1) is 12.7 Å².